The molecule has 0 saturated heterocycles. The molecule has 2 saturated carbocycles. The molecule has 1 aromatic carbocycles. The van der Waals surface area contributed by atoms with E-state index in [0.29, 0.717) is 5.92 Å². The topological polar surface area (TPSA) is 0 Å². The lowest BCUT2D eigenvalue weighted by Crippen LogP contribution is -2.25. The Bertz CT molecular complexity index is 627. The SMILES string of the molecule is CCCCCc1ccc(C#C[C@H]2CC[C@H]([C@H]3CC[C@H](CCCCC)CC3)CC2)cc1. The van der Waals surface area contributed by atoms with Gasteiger partial charge in [0.05, 0.1) is 0 Å². The van der Waals surface area contributed by atoms with Crippen molar-refractivity contribution in [3.05, 3.63) is 35.4 Å². The Morgan fingerprint density at radius 2 is 1.30 bits per heavy atom. The lowest BCUT2D eigenvalue weighted by Gasteiger charge is -2.37. The van der Waals surface area contributed by atoms with Gasteiger partial charge in [0.1, 0.15) is 0 Å². The van der Waals surface area contributed by atoms with Gasteiger partial charge in [-0.1, -0.05) is 89.2 Å². The molecule has 0 heterocycles. The van der Waals surface area contributed by atoms with Crippen LogP contribution in [0.5, 0.6) is 0 Å². The van der Waals surface area contributed by atoms with Gasteiger partial charge in [-0.3, -0.25) is 0 Å². The highest BCUT2D eigenvalue weighted by molar-refractivity contribution is 5.36. The van der Waals surface area contributed by atoms with Gasteiger partial charge < -0.3 is 0 Å². The lowest BCUT2D eigenvalue weighted by molar-refractivity contribution is 0.153. The van der Waals surface area contributed by atoms with Crippen LogP contribution in [0.2, 0.25) is 0 Å². The van der Waals surface area contributed by atoms with Crippen LogP contribution >= 0.6 is 0 Å². The summed E-state index contributed by atoms with van der Waals surface area (Å²) in [7, 11) is 0. The van der Waals surface area contributed by atoms with E-state index in [9.17, 15) is 0 Å². The van der Waals surface area contributed by atoms with E-state index in [2.05, 4.69) is 50.0 Å². The minimum absolute atomic E-state index is 0.635. The van der Waals surface area contributed by atoms with Crippen molar-refractivity contribution in [2.75, 3.05) is 0 Å². The van der Waals surface area contributed by atoms with E-state index in [0.717, 1.165) is 17.8 Å². The monoisotopic (exact) mass is 406 g/mol. The molecule has 0 aliphatic heterocycles. The van der Waals surface area contributed by atoms with Gasteiger partial charge in [-0.15, -0.1) is 0 Å². The molecular formula is C30H46. The van der Waals surface area contributed by atoms with Crippen molar-refractivity contribution in [2.24, 2.45) is 23.7 Å². The Morgan fingerprint density at radius 3 is 1.93 bits per heavy atom. The number of benzene rings is 1. The third-order valence-electron chi connectivity index (χ3n) is 7.99. The molecule has 0 aromatic heterocycles. The van der Waals surface area contributed by atoms with E-state index in [1.807, 2.05) is 0 Å². The number of unbranched alkanes of at least 4 members (excludes halogenated alkanes) is 4. The molecule has 0 nitrogen and oxygen atoms in total. The van der Waals surface area contributed by atoms with E-state index >= 15 is 0 Å². The van der Waals surface area contributed by atoms with E-state index in [1.54, 1.807) is 0 Å². The second-order valence-electron chi connectivity index (χ2n) is 10.3. The highest BCUT2D eigenvalue weighted by Gasteiger charge is 2.30. The summed E-state index contributed by atoms with van der Waals surface area (Å²) in [6.45, 7) is 4.59. The third kappa shape index (κ3) is 7.80. The number of rotatable bonds is 9. The van der Waals surface area contributed by atoms with Crippen LogP contribution in [-0.2, 0) is 6.42 Å². The average molecular weight is 407 g/mol. The van der Waals surface area contributed by atoms with Gasteiger partial charge in [0, 0.05) is 11.5 Å². The maximum Gasteiger partial charge on any atom is 0.0245 e. The van der Waals surface area contributed by atoms with Crippen molar-refractivity contribution >= 4 is 0 Å². The first-order valence-electron chi connectivity index (χ1n) is 13.4. The minimum atomic E-state index is 0.635. The van der Waals surface area contributed by atoms with E-state index < -0.39 is 0 Å². The Morgan fingerprint density at radius 1 is 0.700 bits per heavy atom. The Kier molecular flexibility index (Phi) is 10.4. The molecule has 0 spiro atoms. The standard InChI is InChI=1S/C30H46/c1-3-5-7-9-25-11-13-27(14-12-25)15-16-28-19-23-30(24-20-28)29-21-17-26(18-22-29)10-8-6-4-2/h11-14,26,28-30H,3-10,17-24H2,1-2H3/t26-,28-,29-,30-. The van der Waals surface area contributed by atoms with Gasteiger partial charge in [-0.2, -0.15) is 0 Å². The summed E-state index contributed by atoms with van der Waals surface area (Å²) in [5.41, 5.74) is 2.67. The Hall–Kier alpha value is -1.22. The molecule has 0 bridgehead atoms. The van der Waals surface area contributed by atoms with Crippen LogP contribution in [0.25, 0.3) is 0 Å². The first-order chi connectivity index (χ1) is 14.8. The zero-order valence-electron chi connectivity index (χ0n) is 19.9. The van der Waals surface area contributed by atoms with Crippen molar-refractivity contribution in [1.82, 2.24) is 0 Å². The van der Waals surface area contributed by atoms with Gasteiger partial charge in [-0.05, 0) is 86.8 Å². The first-order valence-corrected chi connectivity index (χ1v) is 13.4. The van der Waals surface area contributed by atoms with Crippen LogP contribution in [0.15, 0.2) is 24.3 Å². The van der Waals surface area contributed by atoms with E-state index in [1.165, 1.54) is 114 Å². The second kappa shape index (κ2) is 13.2. The highest BCUT2D eigenvalue weighted by atomic mass is 14.3. The molecule has 2 aliphatic rings. The third-order valence-corrected chi connectivity index (χ3v) is 7.99. The largest absolute Gasteiger partial charge is 0.0945 e. The maximum atomic E-state index is 3.62. The first kappa shape index (κ1) is 23.4. The van der Waals surface area contributed by atoms with Crippen LogP contribution < -0.4 is 0 Å². The minimum Gasteiger partial charge on any atom is -0.0945 e. The fourth-order valence-corrected chi connectivity index (χ4v) is 5.89. The Balaban J connectivity index is 1.36. The molecular weight excluding hydrogens is 360 g/mol. The molecule has 0 atom stereocenters. The summed E-state index contributed by atoms with van der Waals surface area (Å²) < 4.78 is 0. The van der Waals surface area contributed by atoms with Crippen LogP contribution in [0.3, 0.4) is 0 Å². The number of hydrogen-bond acceptors (Lipinski definition) is 0. The maximum absolute atomic E-state index is 3.62. The summed E-state index contributed by atoms with van der Waals surface area (Å²) in [6.07, 6.45) is 22.5. The molecule has 3 rings (SSSR count). The van der Waals surface area contributed by atoms with Crippen LogP contribution in [0.4, 0.5) is 0 Å². The number of hydrogen-bond donors (Lipinski definition) is 0. The summed E-state index contributed by atoms with van der Waals surface area (Å²) in [4.78, 5) is 0. The van der Waals surface area contributed by atoms with Crippen molar-refractivity contribution in [2.45, 2.75) is 117 Å². The van der Waals surface area contributed by atoms with Gasteiger partial charge in [0.15, 0.2) is 0 Å². The van der Waals surface area contributed by atoms with Crippen LogP contribution in [0.1, 0.15) is 121 Å². The lowest BCUT2D eigenvalue weighted by atomic mass is 9.69. The molecule has 0 heteroatoms. The molecule has 30 heavy (non-hydrogen) atoms. The second-order valence-corrected chi connectivity index (χ2v) is 10.3. The number of aryl methyl sites for hydroxylation is 1. The van der Waals surface area contributed by atoms with E-state index in [4.69, 9.17) is 0 Å². The van der Waals surface area contributed by atoms with Gasteiger partial charge in [-0.25, -0.2) is 0 Å². The molecule has 0 unspecified atom stereocenters. The fraction of sp³-hybridized carbons (Fsp3) is 0.733. The zero-order valence-corrected chi connectivity index (χ0v) is 19.9. The molecule has 2 fully saturated rings. The van der Waals surface area contributed by atoms with Crippen LogP contribution in [0, 0.1) is 35.5 Å². The summed E-state index contributed by atoms with van der Waals surface area (Å²) in [6, 6.07) is 9.04. The van der Waals surface area contributed by atoms with Gasteiger partial charge in [0.25, 0.3) is 0 Å². The molecule has 0 radical (unpaired) electrons. The van der Waals surface area contributed by atoms with Crippen molar-refractivity contribution in [3.63, 3.8) is 0 Å². The normalized spacial score (nSPS) is 26.7. The summed E-state index contributed by atoms with van der Waals surface area (Å²) >= 11 is 0. The van der Waals surface area contributed by atoms with Gasteiger partial charge in [0.2, 0.25) is 0 Å². The van der Waals surface area contributed by atoms with Crippen molar-refractivity contribution in [1.29, 1.82) is 0 Å². The molecule has 2 aliphatic carbocycles. The quantitative estimate of drug-likeness (QED) is 0.283. The smallest absolute Gasteiger partial charge is 0.0245 e. The van der Waals surface area contributed by atoms with Crippen molar-refractivity contribution < 1.29 is 0 Å². The van der Waals surface area contributed by atoms with Gasteiger partial charge >= 0.3 is 0 Å². The Labute approximate surface area is 187 Å². The average Bonchev–Trinajstić information content (AvgIpc) is 2.80. The predicted molar refractivity (Wildman–Crippen MR) is 132 cm³/mol. The highest BCUT2D eigenvalue weighted by Crippen LogP contribution is 2.42. The van der Waals surface area contributed by atoms with Crippen molar-refractivity contribution in [3.8, 4) is 11.8 Å². The van der Waals surface area contributed by atoms with Crippen LogP contribution in [-0.4, -0.2) is 0 Å². The zero-order chi connectivity index (χ0) is 21.0. The molecule has 0 amide bonds. The molecule has 1 aromatic rings. The summed E-state index contributed by atoms with van der Waals surface area (Å²) in [5.74, 6) is 10.8. The fourth-order valence-electron chi connectivity index (χ4n) is 5.89. The molecule has 0 N–H and O–H groups in total. The molecule has 166 valence electrons. The summed E-state index contributed by atoms with van der Waals surface area (Å²) in [5, 5.41) is 0. The predicted octanol–water partition coefficient (Wildman–Crippen LogP) is 8.96. The van der Waals surface area contributed by atoms with E-state index in [-0.39, 0.29) is 0 Å².